The SMILES string of the molecule is O=C(c1ccc2c(c1)CCO2)N1CCC2(CC1)CC(O)CN(c1cnccn1)C2. The number of hydrogen-bond acceptors (Lipinski definition) is 6. The largest absolute Gasteiger partial charge is 0.493 e. The third kappa shape index (κ3) is 3.55. The van der Waals surface area contributed by atoms with Crippen LogP contribution in [0.2, 0.25) is 0 Å². The van der Waals surface area contributed by atoms with Crippen molar-refractivity contribution < 1.29 is 14.6 Å². The van der Waals surface area contributed by atoms with Crippen LogP contribution in [0.25, 0.3) is 0 Å². The van der Waals surface area contributed by atoms with E-state index in [1.165, 1.54) is 0 Å². The van der Waals surface area contributed by atoms with Crippen molar-refractivity contribution in [1.82, 2.24) is 14.9 Å². The van der Waals surface area contributed by atoms with Crippen LogP contribution in [0.1, 0.15) is 35.2 Å². The Kier molecular flexibility index (Phi) is 4.62. The molecule has 1 spiro atoms. The molecule has 29 heavy (non-hydrogen) atoms. The molecule has 7 nitrogen and oxygen atoms in total. The molecule has 0 radical (unpaired) electrons. The van der Waals surface area contributed by atoms with Gasteiger partial charge in [-0.15, -0.1) is 0 Å². The predicted octanol–water partition coefficient (Wildman–Crippen LogP) is 1.91. The van der Waals surface area contributed by atoms with Crippen molar-refractivity contribution in [2.45, 2.75) is 31.8 Å². The highest BCUT2D eigenvalue weighted by Gasteiger charge is 2.42. The summed E-state index contributed by atoms with van der Waals surface area (Å²) in [6, 6.07) is 5.77. The van der Waals surface area contributed by atoms with E-state index in [0.29, 0.717) is 26.2 Å². The summed E-state index contributed by atoms with van der Waals surface area (Å²) in [6.07, 6.45) is 8.14. The average molecular weight is 394 g/mol. The Labute approximate surface area is 170 Å². The number of anilines is 1. The van der Waals surface area contributed by atoms with Crippen molar-refractivity contribution >= 4 is 11.7 Å². The van der Waals surface area contributed by atoms with E-state index >= 15 is 0 Å². The van der Waals surface area contributed by atoms with Gasteiger partial charge in [0.15, 0.2) is 0 Å². The van der Waals surface area contributed by atoms with Crippen molar-refractivity contribution in [1.29, 1.82) is 0 Å². The van der Waals surface area contributed by atoms with Crippen LogP contribution < -0.4 is 9.64 Å². The van der Waals surface area contributed by atoms with E-state index in [9.17, 15) is 9.90 Å². The Morgan fingerprint density at radius 1 is 1.24 bits per heavy atom. The lowest BCUT2D eigenvalue weighted by atomic mass is 9.71. The highest BCUT2D eigenvalue weighted by molar-refractivity contribution is 5.94. The zero-order valence-corrected chi connectivity index (χ0v) is 16.5. The number of piperidine rings is 2. The first-order chi connectivity index (χ1) is 14.1. The molecule has 152 valence electrons. The van der Waals surface area contributed by atoms with Gasteiger partial charge in [-0.2, -0.15) is 0 Å². The lowest BCUT2D eigenvalue weighted by Gasteiger charge is -2.49. The molecule has 3 aliphatic rings. The molecule has 1 aromatic heterocycles. The average Bonchev–Trinajstić information content (AvgIpc) is 3.22. The Morgan fingerprint density at radius 3 is 2.90 bits per heavy atom. The zero-order valence-electron chi connectivity index (χ0n) is 16.5. The smallest absolute Gasteiger partial charge is 0.253 e. The zero-order chi connectivity index (χ0) is 19.8. The molecule has 2 fully saturated rings. The minimum Gasteiger partial charge on any atom is -0.493 e. The molecule has 3 aliphatic heterocycles. The van der Waals surface area contributed by atoms with Gasteiger partial charge in [-0.1, -0.05) is 0 Å². The molecule has 0 aliphatic carbocycles. The molecule has 7 heteroatoms. The van der Waals surface area contributed by atoms with E-state index in [4.69, 9.17) is 4.74 Å². The maximum absolute atomic E-state index is 13.0. The topological polar surface area (TPSA) is 78.8 Å². The summed E-state index contributed by atoms with van der Waals surface area (Å²) in [6.45, 7) is 3.56. The van der Waals surface area contributed by atoms with Crippen LogP contribution >= 0.6 is 0 Å². The van der Waals surface area contributed by atoms with Gasteiger partial charge in [0, 0.05) is 50.6 Å². The van der Waals surface area contributed by atoms with Crippen LogP contribution in [-0.2, 0) is 6.42 Å². The van der Waals surface area contributed by atoms with Gasteiger partial charge in [0.2, 0.25) is 0 Å². The van der Waals surface area contributed by atoms with Crippen molar-refractivity contribution in [2.24, 2.45) is 5.41 Å². The van der Waals surface area contributed by atoms with Crippen LogP contribution in [0, 0.1) is 5.41 Å². The lowest BCUT2D eigenvalue weighted by molar-refractivity contribution is 0.0246. The summed E-state index contributed by atoms with van der Waals surface area (Å²) in [5.74, 6) is 1.81. The molecule has 1 aromatic carbocycles. The van der Waals surface area contributed by atoms with Gasteiger partial charge >= 0.3 is 0 Å². The first kappa shape index (κ1) is 18.4. The van der Waals surface area contributed by atoms with E-state index < -0.39 is 0 Å². The predicted molar refractivity (Wildman–Crippen MR) is 108 cm³/mol. The molecule has 5 rings (SSSR count). The fourth-order valence-electron chi connectivity index (χ4n) is 5.03. The van der Waals surface area contributed by atoms with E-state index in [1.807, 2.05) is 23.1 Å². The minimum atomic E-state index is -0.385. The van der Waals surface area contributed by atoms with E-state index in [0.717, 1.165) is 54.9 Å². The van der Waals surface area contributed by atoms with Gasteiger partial charge in [0.05, 0.1) is 18.9 Å². The third-order valence-electron chi connectivity index (χ3n) is 6.55. The van der Waals surface area contributed by atoms with Crippen molar-refractivity contribution in [3.63, 3.8) is 0 Å². The summed E-state index contributed by atoms with van der Waals surface area (Å²) >= 11 is 0. The molecule has 1 unspecified atom stereocenters. The maximum Gasteiger partial charge on any atom is 0.253 e. The molecule has 1 atom stereocenters. The molecule has 0 bridgehead atoms. The summed E-state index contributed by atoms with van der Waals surface area (Å²) in [5.41, 5.74) is 1.88. The second kappa shape index (κ2) is 7.30. The molecule has 4 heterocycles. The molecular formula is C22H26N4O3. The second-order valence-electron chi connectivity index (χ2n) is 8.52. The molecule has 1 amide bonds. The Morgan fingerprint density at radius 2 is 2.10 bits per heavy atom. The van der Waals surface area contributed by atoms with Gasteiger partial charge in [-0.05, 0) is 48.4 Å². The first-order valence-corrected chi connectivity index (χ1v) is 10.4. The van der Waals surface area contributed by atoms with Crippen molar-refractivity contribution in [3.05, 3.63) is 47.9 Å². The Balaban J connectivity index is 1.27. The number of nitrogens with zero attached hydrogens (tertiary/aromatic N) is 4. The number of β-amino-alcohol motifs (C(OH)–C–C–N with tert-alkyl or cyclic N) is 1. The molecule has 2 aromatic rings. The number of aliphatic hydroxyl groups is 1. The van der Waals surface area contributed by atoms with Crippen LogP contribution in [0.4, 0.5) is 5.82 Å². The van der Waals surface area contributed by atoms with Gasteiger partial charge in [0.25, 0.3) is 5.91 Å². The van der Waals surface area contributed by atoms with Gasteiger partial charge < -0.3 is 19.6 Å². The minimum absolute atomic E-state index is 0.0116. The van der Waals surface area contributed by atoms with Crippen LogP contribution in [0.15, 0.2) is 36.8 Å². The summed E-state index contributed by atoms with van der Waals surface area (Å²) < 4.78 is 5.55. The van der Waals surface area contributed by atoms with E-state index in [1.54, 1.807) is 18.6 Å². The third-order valence-corrected chi connectivity index (χ3v) is 6.55. The molecule has 2 saturated heterocycles. The number of aromatic nitrogens is 2. The number of ether oxygens (including phenoxy) is 1. The first-order valence-electron chi connectivity index (χ1n) is 10.4. The summed E-state index contributed by atoms with van der Waals surface area (Å²) in [4.78, 5) is 25.7. The number of carbonyl (C=O) groups excluding carboxylic acids is 1. The van der Waals surface area contributed by atoms with Gasteiger partial charge in [0.1, 0.15) is 11.6 Å². The lowest BCUT2D eigenvalue weighted by Crippen LogP contribution is -2.54. The quantitative estimate of drug-likeness (QED) is 0.838. The highest BCUT2D eigenvalue weighted by atomic mass is 16.5. The number of hydrogen-bond donors (Lipinski definition) is 1. The van der Waals surface area contributed by atoms with Crippen LogP contribution in [0.5, 0.6) is 5.75 Å². The van der Waals surface area contributed by atoms with Crippen LogP contribution in [0.3, 0.4) is 0 Å². The number of carbonyl (C=O) groups is 1. The number of amides is 1. The summed E-state index contributed by atoms with van der Waals surface area (Å²) in [5, 5.41) is 10.5. The molecular weight excluding hydrogens is 368 g/mol. The number of fused-ring (bicyclic) bond motifs is 1. The Hall–Kier alpha value is -2.67. The van der Waals surface area contributed by atoms with Crippen LogP contribution in [-0.4, -0.2) is 64.8 Å². The number of rotatable bonds is 2. The van der Waals surface area contributed by atoms with E-state index in [2.05, 4.69) is 14.9 Å². The molecule has 1 N–H and O–H groups in total. The van der Waals surface area contributed by atoms with E-state index in [-0.39, 0.29) is 17.4 Å². The van der Waals surface area contributed by atoms with Crippen molar-refractivity contribution in [3.8, 4) is 5.75 Å². The maximum atomic E-state index is 13.0. The fourth-order valence-corrected chi connectivity index (χ4v) is 5.03. The number of aliphatic hydroxyl groups excluding tert-OH is 1. The van der Waals surface area contributed by atoms with Crippen molar-refractivity contribution in [2.75, 3.05) is 37.7 Å². The monoisotopic (exact) mass is 394 g/mol. The standard InChI is InChI=1S/C22H26N4O3/c27-18-12-22(15-26(14-18)20-13-23-6-7-24-20)4-8-25(9-5-22)21(28)17-1-2-19-16(11-17)3-10-29-19/h1-2,6-7,11,13,18,27H,3-5,8-10,12,14-15H2. The normalized spacial score (nSPS) is 23.0. The van der Waals surface area contributed by atoms with Gasteiger partial charge in [-0.25, -0.2) is 4.98 Å². The Bertz CT molecular complexity index is 896. The van der Waals surface area contributed by atoms with Gasteiger partial charge in [-0.3, -0.25) is 9.78 Å². The molecule has 0 saturated carbocycles. The fraction of sp³-hybridized carbons (Fsp3) is 0.500. The number of benzene rings is 1. The number of likely N-dealkylation sites (tertiary alicyclic amines) is 1. The summed E-state index contributed by atoms with van der Waals surface area (Å²) in [7, 11) is 0. The highest BCUT2D eigenvalue weighted by Crippen LogP contribution is 2.41. The second-order valence-corrected chi connectivity index (χ2v) is 8.52.